The maximum Gasteiger partial charge on any atom is 0.183 e. The molecule has 0 fully saturated rings. The Balaban J connectivity index is 0. The SMILES string of the molecule is CCCCCCCCCCCC[N+](CC)(CC)CC(C)=O.[Cl-]. The molecule has 0 atom stereocenters. The van der Waals surface area contributed by atoms with E-state index in [0.717, 1.165) is 24.1 Å². The fourth-order valence-corrected chi connectivity index (χ4v) is 3.25. The Morgan fingerprint density at radius 3 is 1.50 bits per heavy atom. The third-order valence-corrected chi connectivity index (χ3v) is 4.89. The van der Waals surface area contributed by atoms with Crippen LogP contribution in [0.25, 0.3) is 0 Å². The maximum absolute atomic E-state index is 11.4. The minimum absolute atomic E-state index is 0. The van der Waals surface area contributed by atoms with Crippen molar-refractivity contribution in [2.75, 3.05) is 26.2 Å². The Bertz CT molecular complexity index is 252. The number of halogens is 1. The monoisotopic (exact) mass is 333 g/mol. The quantitative estimate of drug-likeness (QED) is 0.332. The van der Waals surface area contributed by atoms with Gasteiger partial charge in [0.15, 0.2) is 5.78 Å². The maximum atomic E-state index is 11.4. The second-order valence-corrected chi connectivity index (χ2v) is 6.74. The van der Waals surface area contributed by atoms with Crippen LogP contribution >= 0.6 is 0 Å². The molecule has 0 aromatic carbocycles. The van der Waals surface area contributed by atoms with E-state index in [-0.39, 0.29) is 12.4 Å². The van der Waals surface area contributed by atoms with Crippen molar-refractivity contribution in [2.45, 2.75) is 91.9 Å². The largest absolute Gasteiger partial charge is 1.00 e. The number of carbonyl (C=O) groups is 1. The van der Waals surface area contributed by atoms with Crippen molar-refractivity contribution in [1.29, 1.82) is 0 Å². The normalized spacial score (nSPS) is 11.3. The minimum Gasteiger partial charge on any atom is -1.00 e. The number of likely N-dealkylation sites (N-methyl/N-ethyl adjacent to an activating group) is 1. The van der Waals surface area contributed by atoms with Gasteiger partial charge in [-0.15, -0.1) is 0 Å². The molecule has 0 radical (unpaired) electrons. The summed E-state index contributed by atoms with van der Waals surface area (Å²) in [6, 6.07) is 0. The van der Waals surface area contributed by atoms with Gasteiger partial charge < -0.3 is 16.9 Å². The molecule has 0 heterocycles. The summed E-state index contributed by atoms with van der Waals surface area (Å²) >= 11 is 0. The number of ketones is 1. The number of rotatable bonds is 15. The van der Waals surface area contributed by atoms with Crippen LogP contribution in [-0.2, 0) is 4.79 Å². The van der Waals surface area contributed by atoms with Crippen LogP contribution in [0.5, 0.6) is 0 Å². The Kier molecular flexibility index (Phi) is 17.4. The van der Waals surface area contributed by atoms with E-state index in [4.69, 9.17) is 0 Å². The van der Waals surface area contributed by atoms with E-state index in [0.29, 0.717) is 5.78 Å². The van der Waals surface area contributed by atoms with Gasteiger partial charge in [0, 0.05) is 6.92 Å². The van der Waals surface area contributed by atoms with Crippen LogP contribution in [0.4, 0.5) is 0 Å². The minimum atomic E-state index is 0. The molecule has 0 saturated heterocycles. The van der Waals surface area contributed by atoms with Crippen LogP contribution in [0, 0.1) is 0 Å². The Hall–Kier alpha value is -0.0800. The molecular weight excluding hydrogens is 294 g/mol. The summed E-state index contributed by atoms with van der Waals surface area (Å²) in [5.41, 5.74) is 0. The summed E-state index contributed by atoms with van der Waals surface area (Å²) < 4.78 is 0.992. The second-order valence-electron chi connectivity index (χ2n) is 6.74. The van der Waals surface area contributed by atoms with Gasteiger partial charge in [0.1, 0.15) is 6.54 Å². The highest BCUT2D eigenvalue weighted by atomic mass is 35.5. The van der Waals surface area contributed by atoms with Crippen LogP contribution in [0.2, 0.25) is 0 Å². The van der Waals surface area contributed by atoms with E-state index in [2.05, 4.69) is 20.8 Å². The molecule has 0 aromatic heterocycles. The van der Waals surface area contributed by atoms with Crippen molar-refractivity contribution >= 4 is 5.78 Å². The molecule has 0 saturated carbocycles. The van der Waals surface area contributed by atoms with Gasteiger partial charge in [-0.05, 0) is 26.7 Å². The number of hydrogen-bond donors (Lipinski definition) is 0. The van der Waals surface area contributed by atoms with Gasteiger partial charge in [0.25, 0.3) is 0 Å². The predicted molar refractivity (Wildman–Crippen MR) is 93.6 cm³/mol. The molecule has 22 heavy (non-hydrogen) atoms. The van der Waals surface area contributed by atoms with Gasteiger partial charge in [-0.25, -0.2) is 0 Å². The lowest BCUT2D eigenvalue weighted by Gasteiger charge is -2.36. The summed E-state index contributed by atoms with van der Waals surface area (Å²) in [6.07, 6.45) is 13.8. The van der Waals surface area contributed by atoms with Gasteiger partial charge in [-0.2, -0.15) is 0 Å². The highest BCUT2D eigenvalue weighted by Crippen LogP contribution is 2.13. The van der Waals surface area contributed by atoms with Crippen LogP contribution in [-0.4, -0.2) is 36.4 Å². The number of hydrogen-bond acceptors (Lipinski definition) is 1. The topological polar surface area (TPSA) is 17.1 Å². The van der Waals surface area contributed by atoms with Crippen molar-refractivity contribution in [3.8, 4) is 0 Å². The van der Waals surface area contributed by atoms with Gasteiger partial charge in [-0.1, -0.05) is 58.3 Å². The van der Waals surface area contributed by atoms with Crippen LogP contribution in [0.1, 0.15) is 91.9 Å². The highest BCUT2D eigenvalue weighted by Gasteiger charge is 2.24. The van der Waals surface area contributed by atoms with Crippen molar-refractivity contribution in [3.63, 3.8) is 0 Å². The average Bonchev–Trinajstić information content (AvgIpc) is 2.47. The molecule has 0 rings (SSSR count). The molecule has 0 N–H and O–H groups in total. The fourth-order valence-electron chi connectivity index (χ4n) is 3.25. The molecule has 3 heteroatoms. The van der Waals surface area contributed by atoms with E-state index in [1.807, 2.05) is 0 Å². The molecule has 0 amide bonds. The molecule has 134 valence electrons. The summed E-state index contributed by atoms with van der Waals surface area (Å²) in [4.78, 5) is 11.4. The lowest BCUT2D eigenvalue weighted by Crippen LogP contribution is -3.00. The van der Waals surface area contributed by atoms with Crippen molar-refractivity contribution < 1.29 is 21.7 Å². The number of carbonyl (C=O) groups excluding carboxylic acids is 1. The Morgan fingerprint density at radius 1 is 0.727 bits per heavy atom. The number of Topliss-reactive ketones (excluding diaryl/α,β-unsaturated/α-hetero) is 1. The van der Waals surface area contributed by atoms with E-state index in [9.17, 15) is 4.79 Å². The number of nitrogens with zero attached hydrogens (tertiary/aromatic N) is 1. The second kappa shape index (κ2) is 15.8. The van der Waals surface area contributed by atoms with E-state index >= 15 is 0 Å². The first-order valence-corrected chi connectivity index (χ1v) is 9.44. The molecule has 0 aromatic rings. The zero-order chi connectivity index (χ0) is 16.0. The molecule has 0 aliphatic heterocycles. The molecule has 0 aliphatic carbocycles. The van der Waals surface area contributed by atoms with Crippen LogP contribution in [0.3, 0.4) is 0 Å². The van der Waals surface area contributed by atoms with E-state index in [1.54, 1.807) is 6.92 Å². The van der Waals surface area contributed by atoms with Gasteiger partial charge in [0.2, 0.25) is 0 Å². The van der Waals surface area contributed by atoms with E-state index in [1.165, 1.54) is 70.8 Å². The summed E-state index contributed by atoms with van der Waals surface area (Å²) in [6.45, 7) is 12.5. The van der Waals surface area contributed by atoms with Crippen LogP contribution in [0.15, 0.2) is 0 Å². The lowest BCUT2D eigenvalue weighted by atomic mass is 10.1. The zero-order valence-electron chi connectivity index (χ0n) is 15.6. The fraction of sp³-hybridized carbons (Fsp3) is 0.947. The standard InChI is InChI=1S/C19H40NO.ClH/c1-5-8-9-10-11-12-13-14-15-16-17-20(6-2,7-3)18-19(4)21;/h5-18H2,1-4H3;1H/q+1;/p-1. The molecular formula is C19H40ClNO. The zero-order valence-corrected chi connectivity index (χ0v) is 16.4. The molecule has 0 unspecified atom stereocenters. The Labute approximate surface area is 146 Å². The average molecular weight is 334 g/mol. The van der Waals surface area contributed by atoms with Gasteiger partial charge >= 0.3 is 0 Å². The molecule has 0 bridgehead atoms. The third-order valence-electron chi connectivity index (χ3n) is 4.89. The number of quaternary nitrogens is 1. The first-order valence-electron chi connectivity index (χ1n) is 9.44. The van der Waals surface area contributed by atoms with Crippen LogP contribution < -0.4 is 12.4 Å². The number of unbranched alkanes of at least 4 members (excludes halogenated alkanes) is 9. The van der Waals surface area contributed by atoms with Crippen molar-refractivity contribution in [1.82, 2.24) is 0 Å². The van der Waals surface area contributed by atoms with E-state index < -0.39 is 0 Å². The van der Waals surface area contributed by atoms with Gasteiger partial charge in [0.05, 0.1) is 19.6 Å². The first-order chi connectivity index (χ1) is 10.1. The first kappa shape index (κ1) is 24.2. The Morgan fingerprint density at radius 2 is 1.14 bits per heavy atom. The lowest BCUT2D eigenvalue weighted by molar-refractivity contribution is -0.917. The smallest absolute Gasteiger partial charge is 0.183 e. The molecule has 0 aliphatic rings. The predicted octanol–water partition coefficient (Wildman–Crippen LogP) is 2.36. The van der Waals surface area contributed by atoms with Crippen molar-refractivity contribution in [3.05, 3.63) is 0 Å². The molecule has 2 nitrogen and oxygen atoms in total. The summed E-state index contributed by atoms with van der Waals surface area (Å²) in [5, 5.41) is 0. The molecule has 0 spiro atoms. The van der Waals surface area contributed by atoms with Gasteiger partial charge in [-0.3, -0.25) is 4.79 Å². The summed E-state index contributed by atoms with van der Waals surface area (Å²) in [5.74, 6) is 0.339. The summed E-state index contributed by atoms with van der Waals surface area (Å²) in [7, 11) is 0. The highest BCUT2D eigenvalue weighted by molar-refractivity contribution is 5.76. The third kappa shape index (κ3) is 12.5. The van der Waals surface area contributed by atoms with Crippen molar-refractivity contribution in [2.24, 2.45) is 0 Å².